The maximum absolute atomic E-state index is 12.3. The van der Waals surface area contributed by atoms with Crippen molar-refractivity contribution in [1.82, 2.24) is 0 Å². The number of aliphatic imine (C=N–C) groups is 1. The van der Waals surface area contributed by atoms with Gasteiger partial charge in [-0.2, -0.15) is 0 Å². The van der Waals surface area contributed by atoms with Crippen LogP contribution >= 0.6 is 11.6 Å². The van der Waals surface area contributed by atoms with Crippen molar-refractivity contribution < 1.29 is 23.9 Å². The standard InChI is InChI=1S/C24H17ClN2O6/c1-31-22-12-16(7-10-21(22)32-14-15-5-3-2-4-6-15)11-20-24(28)33-23(26-20)18-9-8-17(27(29)30)13-19(18)25/h2-13H,14H2,1H3/b20-11+. The van der Waals surface area contributed by atoms with Crippen molar-refractivity contribution in [2.24, 2.45) is 4.99 Å². The van der Waals surface area contributed by atoms with Gasteiger partial charge < -0.3 is 14.2 Å². The van der Waals surface area contributed by atoms with E-state index in [1.165, 1.54) is 31.4 Å². The molecule has 3 aromatic carbocycles. The van der Waals surface area contributed by atoms with Gasteiger partial charge in [0.05, 0.1) is 22.6 Å². The summed E-state index contributed by atoms with van der Waals surface area (Å²) in [6, 6.07) is 18.8. The number of carbonyl (C=O) groups excluding carboxylic acids is 1. The summed E-state index contributed by atoms with van der Waals surface area (Å²) < 4.78 is 16.5. The molecule has 0 amide bonds. The monoisotopic (exact) mass is 464 g/mol. The topological polar surface area (TPSA) is 100 Å². The summed E-state index contributed by atoms with van der Waals surface area (Å²) in [7, 11) is 1.53. The lowest BCUT2D eigenvalue weighted by molar-refractivity contribution is -0.384. The predicted molar refractivity (Wildman–Crippen MR) is 122 cm³/mol. The normalized spacial score (nSPS) is 14.1. The highest BCUT2D eigenvalue weighted by atomic mass is 35.5. The Labute approximate surface area is 193 Å². The number of non-ortho nitro benzene ring substituents is 1. The van der Waals surface area contributed by atoms with Crippen molar-refractivity contribution >= 4 is 35.2 Å². The van der Waals surface area contributed by atoms with Crippen molar-refractivity contribution in [2.45, 2.75) is 6.61 Å². The minimum atomic E-state index is -0.664. The second-order valence-corrected chi connectivity index (χ2v) is 7.35. The number of benzene rings is 3. The molecule has 0 atom stereocenters. The summed E-state index contributed by atoms with van der Waals surface area (Å²) in [5, 5.41) is 10.9. The fraction of sp³-hybridized carbons (Fsp3) is 0.0833. The van der Waals surface area contributed by atoms with Gasteiger partial charge in [-0.25, -0.2) is 9.79 Å². The first-order valence-electron chi connectivity index (χ1n) is 9.76. The zero-order valence-electron chi connectivity index (χ0n) is 17.4. The highest BCUT2D eigenvalue weighted by molar-refractivity contribution is 6.34. The van der Waals surface area contributed by atoms with Crippen LogP contribution in [-0.2, 0) is 16.1 Å². The van der Waals surface area contributed by atoms with Crippen molar-refractivity contribution in [3.63, 3.8) is 0 Å². The lowest BCUT2D eigenvalue weighted by Crippen LogP contribution is -2.06. The molecular weight excluding hydrogens is 448 g/mol. The first-order chi connectivity index (χ1) is 15.9. The smallest absolute Gasteiger partial charge is 0.363 e. The maximum atomic E-state index is 12.3. The largest absolute Gasteiger partial charge is 0.493 e. The number of esters is 1. The molecule has 9 heteroatoms. The fourth-order valence-electron chi connectivity index (χ4n) is 3.10. The van der Waals surface area contributed by atoms with E-state index in [1.54, 1.807) is 18.2 Å². The van der Waals surface area contributed by atoms with Gasteiger partial charge >= 0.3 is 5.97 Å². The Morgan fingerprint density at radius 3 is 2.58 bits per heavy atom. The van der Waals surface area contributed by atoms with Gasteiger partial charge in [-0.3, -0.25) is 10.1 Å². The average Bonchev–Trinajstić information content (AvgIpc) is 3.18. The van der Waals surface area contributed by atoms with E-state index in [-0.39, 0.29) is 27.9 Å². The average molecular weight is 465 g/mol. The second-order valence-electron chi connectivity index (χ2n) is 6.94. The number of hydrogen-bond acceptors (Lipinski definition) is 7. The van der Waals surface area contributed by atoms with Crippen LogP contribution in [0, 0.1) is 10.1 Å². The van der Waals surface area contributed by atoms with E-state index in [2.05, 4.69) is 4.99 Å². The third-order valence-corrected chi connectivity index (χ3v) is 5.06. The minimum Gasteiger partial charge on any atom is -0.493 e. The van der Waals surface area contributed by atoms with Crippen LogP contribution in [0.4, 0.5) is 5.69 Å². The predicted octanol–water partition coefficient (Wildman–Crippen LogP) is 5.18. The molecule has 4 rings (SSSR count). The molecule has 1 heterocycles. The molecule has 0 saturated heterocycles. The van der Waals surface area contributed by atoms with Crippen LogP contribution in [0.1, 0.15) is 16.7 Å². The fourth-order valence-corrected chi connectivity index (χ4v) is 3.36. The number of rotatable bonds is 7. The van der Waals surface area contributed by atoms with Gasteiger partial charge in [-0.05, 0) is 35.4 Å². The number of carbonyl (C=O) groups is 1. The van der Waals surface area contributed by atoms with Crippen LogP contribution < -0.4 is 9.47 Å². The number of nitrogens with zero attached hydrogens (tertiary/aromatic N) is 2. The number of nitro benzene ring substituents is 1. The van der Waals surface area contributed by atoms with E-state index in [1.807, 2.05) is 30.3 Å². The number of hydrogen-bond donors (Lipinski definition) is 0. The SMILES string of the molecule is COc1cc(/C=C2/N=C(c3ccc([N+](=O)[O-])cc3Cl)OC2=O)ccc1OCc1ccccc1. The zero-order chi connectivity index (χ0) is 23.4. The van der Waals surface area contributed by atoms with E-state index in [0.29, 0.717) is 23.7 Å². The Kier molecular flexibility index (Phi) is 6.37. The first-order valence-corrected chi connectivity index (χ1v) is 10.1. The lowest BCUT2D eigenvalue weighted by atomic mass is 10.1. The van der Waals surface area contributed by atoms with Gasteiger partial charge in [-0.1, -0.05) is 48.0 Å². The quantitative estimate of drug-likeness (QED) is 0.207. The van der Waals surface area contributed by atoms with Crippen LogP contribution in [0.25, 0.3) is 6.08 Å². The Morgan fingerprint density at radius 2 is 1.88 bits per heavy atom. The molecule has 1 aliphatic rings. The highest BCUT2D eigenvalue weighted by Gasteiger charge is 2.26. The summed E-state index contributed by atoms with van der Waals surface area (Å²) in [6.07, 6.45) is 1.54. The molecule has 0 bridgehead atoms. The van der Waals surface area contributed by atoms with Crippen molar-refractivity contribution in [1.29, 1.82) is 0 Å². The van der Waals surface area contributed by atoms with E-state index in [9.17, 15) is 14.9 Å². The third kappa shape index (κ3) is 5.02. The van der Waals surface area contributed by atoms with Crippen LogP contribution in [0.2, 0.25) is 5.02 Å². The Morgan fingerprint density at radius 1 is 1.09 bits per heavy atom. The molecular formula is C24H17ClN2O6. The number of nitro groups is 1. The summed E-state index contributed by atoms with van der Waals surface area (Å²) in [4.78, 5) is 26.8. The van der Waals surface area contributed by atoms with Gasteiger partial charge in [0, 0.05) is 12.1 Å². The van der Waals surface area contributed by atoms with Crippen LogP contribution in [0.3, 0.4) is 0 Å². The molecule has 8 nitrogen and oxygen atoms in total. The zero-order valence-corrected chi connectivity index (χ0v) is 18.1. The summed E-state index contributed by atoms with van der Waals surface area (Å²) >= 11 is 6.11. The number of ether oxygens (including phenoxy) is 3. The van der Waals surface area contributed by atoms with Crippen LogP contribution in [0.5, 0.6) is 11.5 Å². The van der Waals surface area contributed by atoms with Crippen LogP contribution in [0.15, 0.2) is 77.4 Å². The molecule has 3 aromatic rings. The first kappa shape index (κ1) is 22.0. The highest BCUT2D eigenvalue weighted by Crippen LogP contribution is 2.31. The molecule has 166 valence electrons. The van der Waals surface area contributed by atoms with E-state index in [0.717, 1.165) is 5.56 Å². The molecule has 0 N–H and O–H groups in total. The molecule has 1 aliphatic heterocycles. The van der Waals surface area contributed by atoms with Crippen LogP contribution in [-0.4, -0.2) is 23.9 Å². The lowest BCUT2D eigenvalue weighted by Gasteiger charge is -2.11. The van der Waals surface area contributed by atoms with E-state index in [4.69, 9.17) is 25.8 Å². The molecule has 0 aromatic heterocycles. The van der Waals surface area contributed by atoms with E-state index < -0.39 is 10.9 Å². The summed E-state index contributed by atoms with van der Waals surface area (Å²) in [6.45, 7) is 0.383. The van der Waals surface area contributed by atoms with E-state index >= 15 is 0 Å². The summed E-state index contributed by atoms with van der Waals surface area (Å²) in [5.41, 5.74) is 1.82. The Balaban J connectivity index is 1.56. The molecule has 0 fully saturated rings. The van der Waals surface area contributed by atoms with Gasteiger partial charge in [0.25, 0.3) is 5.69 Å². The Hall–Kier alpha value is -4.17. The molecule has 0 unspecified atom stereocenters. The van der Waals surface area contributed by atoms with Gasteiger partial charge in [-0.15, -0.1) is 0 Å². The molecule has 33 heavy (non-hydrogen) atoms. The summed E-state index contributed by atoms with van der Waals surface area (Å²) in [5.74, 6) is 0.359. The second kappa shape index (κ2) is 9.54. The number of halogens is 1. The third-order valence-electron chi connectivity index (χ3n) is 4.74. The molecule has 0 radical (unpaired) electrons. The molecule has 0 aliphatic carbocycles. The Bertz CT molecular complexity index is 1290. The van der Waals surface area contributed by atoms with Crippen molar-refractivity contribution in [3.8, 4) is 11.5 Å². The molecule has 0 spiro atoms. The molecule has 0 saturated carbocycles. The maximum Gasteiger partial charge on any atom is 0.363 e. The number of methoxy groups -OCH3 is 1. The van der Waals surface area contributed by atoms with Gasteiger partial charge in [0.15, 0.2) is 17.2 Å². The number of cyclic esters (lactones) is 1. The van der Waals surface area contributed by atoms with Gasteiger partial charge in [0.2, 0.25) is 5.90 Å². The van der Waals surface area contributed by atoms with Crippen molar-refractivity contribution in [2.75, 3.05) is 7.11 Å². The van der Waals surface area contributed by atoms with Gasteiger partial charge in [0.1, 0.15) is 6.61 Å². The van der Waals surface area contributed by atoms with Crippen molar-refractivity contribution in [3.05, 3.63) is 104 Å². The minimum absolute atomic E-state index is 0.0269.